The van der Waals surface area contributed by atoms with Gasteiger partial charge in [-0.15, -0.1) is 0 Å². The van der Waals surface area contributed by atoms with Crippen LogP contribution in [0.4, 0.5) is 10.1 Å². The first-order valence-electron chi connectivity index (χ1n) is 4.68. The molecule has 84 valence electrons. The van der Waals surface area contributed by atoms with Crippen LogP contribution in [0.5, 0.6) is 0 Å². The summed E-state index contributed by atoms with van der Waals surface area (Å²) in [5.74, 6) is -3.01. The molecule has 2 rings (SSSR count). The fraction of sp³-hybridized carbons (Fsp3) is 0.300. The van der Waals surface area contributed by atoms with E-state index in [2.05, 4.69) is 0 Å². The highest BCUT2D eigenvalue weighted by Crippen LogP contribution is 2.51. The third kappa shape index (κ3) is 1.62. The molecule has 2 unspecified atom stereocenters. The second-order valence-electron chi connectivity index (χ2n) is 3.72. The van der Waals surface area contributed by atoms with Crippen LogP contribution in [-0.2, 0) is 4.79 Å². The number of rotatable bonds is 3. The van der Waals surface area contributed by atoms with E-state index in [-0.39, 0.29) is 17.7 Å². The standard InChI is InChI=1S/C10H8FNO4/c11-7-2-1-3-8(12(15)16)9(7)5-4-6(5)10(13)14/h1-3,5-6H,4H2,(H,13,14). The van der Waals surface area contributed by atoms with Gasteiger partial charge in [-0.25, -0.2) is 4.39 Å². The van der Waals surface area contributed by atoms with E-state index in [4.69, 9.17) is 5.11 Å². The highest BCUT2D eigenvalue weighted by Gasteiger charge is 2.48. The lowest BCUT2D eigenvalue weighted by Crippen LogP contribution is -2.02. The van der Waals surface area contributed by atoms with Crippen LogP contribution in [0.3, 0.4) is 0 Å². The van der Waals surface area contributed by atoms with E-state index in [9.17, 15) is 19.3 Å². The average Bonchev–Trinajstić information content (AvgIpc) is 2.96. The topological polar surface area (TPSA) is 80.4 Å². The van der Waals surface area contributed by atoms with E-state index < -0.39 is 28.5 Å². The molecule has 0 amide bonds. The van der Waals surface area contributed by atoms with Crippen molar-refractivity contribution in [1.82, 2.24) is 0 Å². The lowest BCUT2D eigenvalue weighted by molar-refractivity contribution is -0.385. The van der Waals surface area contributed by atoms with Crippen LogP contribution in [0.1, 0.15) is 17.9 Å². The molecule has 0 spiro atoms. The summed E-state index contributed by atoms with van der Waals surface area (Å²) in [4.78, 5) is 20.6. The summed E-state index contributed by atoms with van der Waals surface area (Å²) in [6.07, 6.45) is 0.261. The number of halogens is 1. The number of hydrogen-bond donors (Lipinski definition) is 1. The highest BCUT2D eigenvalue weighted by molar-refractivity contribution is 5.76. The minimum absolute atomic E-state index is 0.0834. The van der Waals surface area contributed by atoms with Gasteiger partial charge in [-0.1, -0.05) is 6.07 Å². The first-order chi connectivity index (χ1) is 7.52. The maximum absolute atomic E-state index is 13.4. The van der Waals surface area contributed by atoms with Crippen LogP contribution in [0, 0.1) is 21.8 Å². The Kier molecular flexibility index (Phi) is 2.34. The van der Waals surface area contributed by atoms with E-state index >= 15 is 0 Å². The Labute approximate surface area is 89.7 Å². The smallest absolute Gasteiger partial charge is 0.307 e. The number of aliphatic carboxylic acids is 1. The molecule has 0 aliphatic heterocycles. The zero-order valence-corrected chi connectivity index (χ0v) is 8.09. The molecule has 1 aromatic carbocycles. The highest BCUT2D eigenvalue weighted by atomic mass is 19.1. The van der Waals surface area contributed by atoms with Gasteiger partial charge in [-0.2, -0.15) is 0 Å². The van der Waals surface area contributed by atoms with Gasteiger partial charge < -0.3 is 5.11 Å². The molecule has 1 aliphatic rings. The second-order valence-corrected chi connectivity index (χ2v) is 3.72. The molecule has 1 saturated carbocycles. The summed E-state index contributed by atoms with van der Waals surface area (Å²) in [6, 6.07) is 3.55. The third-order valence-corrected chi connectivity index (χ3v) is 2.71. The van der Waals surface area contributed by atoms with Crippen molar-refractivity contribution >= 4 is 11.7 Å². The number of benzene rings is 1. The minimum Gasteiger partial charge on any atom is -0.481 e. The largest absolute Gasteiger partial charge is 0.481 e. The maximum Gasteiger partial charge on any atom is 0.307 e. The predicted octanol–water partition coefficient (Wildman–Crippen LogP) is 1.92. The van der Waals surface area contributed by atoms with Crippen molar-refractivity contribution < 1.29 is 19.2 Å². The molecule has 0 heterocycles. The van der Waals surface area contributed by atoms with Gasteiger partial charge in [0.1, 0.15) is 5.82 Å². The Morgan fingerprint density at radius 1 is 1.56 bits per heavy atom. The zero-order chi connectivity index (χ0) is 11.9. The second kappa shape index (κ2) is 3.55. The van der Waals surface area contributed by atoms with Crippen molar-refractivity contribution in [2.45, 2.75) is 12.3 Å². The molecule has 0 bridgehead atoms. The predicted molar refractivity (Wildman–Crippen MR) is 51.5 cm³/mol. The van der Waals surface area contributed by atoms with Crippen LogP contribution in [-0.4, -0.2) is 16.0 Å². The Hall–Kier alpha value is -1.98. The van der Waals surface area contributed by atoms with Crippen molar-refractivity contribution in [3.8, 4) is 0 Å². The molecule has 0 saturated heterocycles. The summed E-state index contributed by atoms with van der Waals surface area (Å²) in [6.45, 7) is 0. The van der Waals surface area contributed by atoms with Crippen LogP contribution < -0.4 is 0 Å². The van der Waals surface area contributed by atoms with Crippen molar-refractivity contribution in [2.24, 2.45) is 5.92 Å². The first-order valence-corrected chi connectivity index (χ1v) is 4.68. The lowest BCUT2D eigenvalue weighted by Gasteiger charge is -2.02. The molecule has 1 N–H and O–H groups in total. The Morgan fingerprint density at radius 2 is 2.25 bits per heavy atom. The van der Waals surface area contributed by atoms with E-state index in [0.29, 0.717) is 0 Å². The molecule has 16 heavy (non-hydrogen) atoms. The quantitative estimate of drug-likeness (QED) is 0.629. The lowest BCUT2D eigenvalue weighted by atomic mass is 10.1. The zero-order valence-electron chi connectivity index (χ0n) is 8.09. The van der Waals surface area contributed by atoms with Crippen LogP contribution in [0.2, 0.25) is 0 Å². The molecule has 1 aliphatic carbocycles. The molecule has 0 radical (unpaired) electrons. The number of nitro benzene ring substituents is 1. The fourth-order valence-electron chi connectivity index (χ4n) is 1.84. The first kappa shape index (κ1) is 10.5. The van der Waals surface area contributed by atoms with E-state index in [1.165, 1.54) is 12.1 Å². The number of nitro groups is 1. The minimum atomic E-state index is -1.04. The summed E-state index contributed by atoms with van der Waals surface area (Å²) >= 11 is 0. The van der Waals surface area contributed by atoms with Gasteiger partial charge in [0.15, 0.2) is 0 Å². The average molecular weight is 225 g/mol. The van der Waals surface area contributed by atoms with E-state index in [1.54, 1.807) is 0 Å². The Balaban J connectivity index is 2.41. The summed E-state index contributed by atoms with van der Waals surface area (Å²) < 4.78 is 13.4. The normalized spacial score (nSPS) is 22.8. The van der Waals surface area contributed by atoms with Gasteiger partial charge in [0.2, 0.25) is 0 Å². The number of carboxylic acids is 1. The van der Waals surface area contributed by atoms with Crippen molar-refractivity contribution in [3.05, 3.63) is 39.7 Å². The third-order valence-electron chi connectivity index (χ3n) is 2.71. The van der Waals surface area contributed by atoms with Gasteiger partial charge in [-0.05, 0) is 12.5 Å². The summed E-state index contributed by atoms with van der Waals surface area (Å²) in [5, 5.41) is 19.4. The van der Waals surface area contributed by atoms with Gasteiger partial charge >= 0.3 is 5.97 Å². The Bertz CT molecular complexity index is 474. The van der Waals surface area contributed by atoms with E-state index in [1.807, 2.05) is 0 Å². The van der Waals surface area contributed by atoms with Crippen molar-refractivity contribution in [1.29, 1.82) is 0 Å². The number of carbonyl (C=O) groups is 1. The molecule has 6 heteroatoms. The number of hydrogen-bond acceptors (Lipinski definition) is 3. The number of nitrogens with zero attached hydrogens (tertiary/aromatic N) is 1. The van der Waals surface area contributed by atoms with Crippen molar-refractivity contribution in [2.75, 3.05) is 0 Å². The van der Waals surface area contributed by atoms with Gasteiger partial charge in [0.05, 0.1) is 16.4 Å². The maximum atomic E-state index is 13.4. The van der Waals surface area contributed by atoms with Crippen LogP contribution in [0.15, 0.2) is 18.2 Å². The number of carboxylic acid groups (broad SMARTS) is 1. The molecular weight excluding hydrogens is 217 g/mol. The fourth-order valence-corrected chi connectivity index (χ4v) is 1.84. The van der Waals surface area contributed by atoms with Gasteiger partial charge in [-0.3, -0.25) is 14.9 Å². The van der Waals surface area contributed by atoms with E-state index in [0.717, 1.165) is 6.07 Å². The molecule has 1 aromatic rings. The monoisotopic (exact) mass is 225 g/mol. The van der Waals surface area contributed by atoms with Crippen molar-refractivity contribution in [3.63, 3.8) is 0 Å². The molecule has 0 aromatic heterocycles. The summed E-state index contributed by atoms with van der Waals surface area (Å²) in [7, 11) is 0. The Morgan fingerprint density at radius 3 is 2.75 bits per heavy atom. The molecule has 1 fully saturated rings. The van der Waals surface area contributed by atoms with Crippen LogP contribution in [0.25, 0.3) is 0 Å². The van der Waals surface area contributed by atoms with Crippen LogP contribution >= 0.6 is 0 Å². The van der Waals surface area contributed by atoms with Gasteiger partial charge in [0.25, 0.3) is 5.69 Å². The van der Waals surface area contributed by atoms with Gasteiger partial charge in [0, 0.05) is 12.0 Å². The SMILES string of the molecule is O=C(O)C1CC1c1c(F)cccc1[N+](=O)[O-]. The molecule has 5 nitrogen and oxygen atoms in total. The summed E-state index contributed by atoms with van der Waals surface area (Å²) in [5.41, 5.74) is -0.423. The molecular formula is C10H8FNO4. The molecule has 2 atom stereocenters.